The lowest BCUT2D eigenvalue weighted by Gasteiger charge is -2.73. The average Bonchev–Trinajstić information content (AvgIpc) is 2.64. The van der Waals surface area contributed by atoms with Crippen LogP contribution in [0.5, 0.6) is 0 Å². The van der Waals surface area contributed by atoms with E-state index in [1.54, 1.807) is 0 Å². The van der Waals surface area contributed by atoms with E-state index in [0.29, 0.717) is 33.0 Å². The van der Waals surface area contributed by atoms with Gasteiger partial charge in [-0.3, -0.25) is 0 Å². The second-order valence-corrected chi connectivity index (χ2v) is 15.2. The van der Waals surface area contributed by atoms with Gasteiger partial charge < -0.3 is 5.11 Å². The van der Waals surface area contributed by atoms with E-state index in [0.717, 1.165) is 18.3 Å². The Hall–Kier alpha value is -0.300. The maximum absolute atomic E-state index is 10.9. The Bertz CT molecular complexity index is 790. The van der Waals surface area contributed by atoms with Crippen LogP contribution in [-0.4, -0.2) is 11.2 Å². The molecule has 0 aliphatic heterocycles. The number of rotatable bonds is 0. The van der Waals surface area contributed by atoms with E-state index in [1.807, 2.05) is 5.57 Å². The van der Waals surface area contributed by atoms with Gasteiger partial charge in [-0.25, -0.2) is 0 Å². The molecule has 8 unspecified atom stereocenters. The summed E-state index contributed by atoms with van der Waals surface area (Å²) < 4.78 is 0. The van der Waals surface area contributed by atoms with Crippen LogP contribution in [0.3, 0.4) is 0 Å². The molecule has 1 nitrogen and oxygen atoms in total. The molecule has 0 aromatic rings. The second-order valence-electron chi connectivity index (χ2n) is 15.2. The molecular weight excluding hydrogens is 376 g/mol. The molecule has 8 atom stereocenters. The molecule has 0 aromatic carbocycles. The molecule has 5 aliphatic carbocycles. The number of hydrogen-bond acceptors (Lipinski definition) is 1. The van der Waals surface area contributed by atoms with Crippen molar-refractivity contribution in [3.8, 4) is 0 Å². The fourth-order valence-electron chi connectivity index (χ4n) is 11.3. The van der Waals surface area contributed by atoms with Crippen LogP contribution in [-0.2, 0) is 0 Å². The third kappa shape index (κ3) is 2.71. The molecule has 31 heavy (non-hydrogen) atoms. The van der Waals surface area contributed by atoms with E-state index in [2.05, 4.69) is 61.5 Å². The lowest BCUT2D eigenvalue weighted by Crippen LogP contribution is -2.66. The highest BCUT2D eigenvalue weighted by atomic mass is 16.3. The third-order valence-electron chi connectivity index (χ3n) is 13.0. The highest BCUT2D eigenvalue weighted by molar-refractivity contribution is 5.29. The van der Waals surface area contributed by atoms with Gasteiger partial charge >= 0.3 is 0 Å². The topological polar surface area (TPSA) is 20.2 Å². The van der Waals surface area contributed by atoms with Crippen LogP contribution in [0.1, 0.15) is 120 Å². The molecule has 1 heteroatoms. The molecule has 176 valence electrons. The molecule has 0 heterocycles. The maximum atomic E-state index is 10.9. The monoisotopic (exact) mass is 426 g/mol. The van der Waals surface area contributed by atoms with Crippen LogP contribution in [0.25, 0.3) is 0 Å². The average molecular weight is 427 g/mol. The third-order valence-corrected chi connectivity index (χ3v) is 13.0. The van der Waals surface area contributed by atoms with Crippen LogP contribution >= 0.6 is 0 Å². The number of allylic oxidation sites excluding steroid dienone is 2. The van der Waals surface area contributed by atoms with Gasteiger partial charge in [-0.05, 0) is 114 Å². The largest absolute Gasteiger partial charge is 0.393 e. The van der Waals surface area contributed by atoms with Crippen molar-refractivity contribution in [1.82, 2.24) is 0 Å². The van der Waals surface area contributed by atoms with Gasteiger partial charge in [0.15, 0.2) is 0 Å². The van der Waals surface area contributed by atoms with Gasteiger partial charge in [0.2, 0.25) is 0 Å². The Labute approximate surface area is 192 Å². The zero-order valence-electron chi connectivity index (χ0n) is 21.9. The Morgan fingerprint density at radius 1 is 0.742 bits per heavy atom. The summed E-state index contributed by atoms with van der Waals surface area (Å²) in [5.41, 5.74) is 3.99. The number of aliphatic hydroxyl groups is 1. The molecule has 0 saturated heterocycles. The first-order valence-corrected chi connectivity index (χ1v) is 13.6. The Kier molecular flexibility index (Phi) is 4.66. The van der Waals surface area contributed by atoms with E-state index in [9.17, 15) is 5.11 Å². The summed E-state index contributed by atoms with van der Waals surface area (Å²) in [5.74, 6) is 2.31. The van der Waals surface area contributed by atoms with Crippen LogP contribution in [0.15, 0.2) is 11.6 Å². The molecule has 1 N–H and O–H groups in total. The molecule has 0 bridgehead atoms. The zero-order chi connectivity index (χ0) is 22.7. The smallest absolute Gasteiger partial charge is 0.0594 e. The summed E-state index contributed by atoms with van der Waals surface area (Å²) in [6, 6.07) is 0. The minimum Gasteiger partial charge on any atom is -0.393 e. The highest BCUT2D eigenvalue weighted by Crippen LogP contribution is 2.76. The van der Waals surface area contributed by atoms with Crippen molar-refractivity contribution in [2.24, 2.45) is 50.2 Å². The number of fused-ring (bicyclic) bond motifs is 7. The van der Waals surface area contributed by atoms with Crippen molar-refractivity contribution in [2.45, 2.75) is 126 Å². The maximum Gasteiger partial charge on any atom is 0.0594 e. The van der Waals surface area contributed by atoms with E-state index < -0.39 is 0 Å². The summed E-state index contributed by atoms with van der Waals surface area (Å²) >= 11 is 0. The van der Waals surface area contributed by atoms with Crippen molar-refractivity contribution in [3.63, 3.8) is 0 Å². The predicted molar refractivity (Wildman–Crippen MR) is 131 cm³/mol. The summed E-state index contributed by atoms with van der Waals surface area (Å²) in [6.45, 7) is 20.5. The van der Waals surface area contributed by atoms with Gasteiger partial charge in [-0.1, -0.05) is 67.0 Å². The summed E-state index contributed by atoms with van der Waals surface area (Å²) in [4.78, 5) is 0. The van der Waals surface area contributed by atoms with Crippen LogP contribution < -0.4 is 0 Å². The highest BCUT2D eigenvalue weighted by Gasteiger charge is 2.69. The lowest BCUT2D eigenvalue weighted by molar-refractivity contribution is -0.238. The van der Waals surface area contributed by atoms with Gasteiger partial charge in [0.05, 0.1) is 6.10 Å². The summed E-state index contributed by atoms with van der Waals surface area (Å²) in [6.07, 6.45) is 15.8. The Morgan fingerprint density at radius 2 is 1.42 bits per heavy atom. The number of aliphatic hydroxyl groups excluding tert-OH is 1. The van der Waals surface area contributed by atoms with E-state index in [1.165, 1.54) is 57.8 Å². The second kappa shape index (κ2) is 6.43. The molecular formula is C30H50O. The van der Waals surface area contributed by atoms with Gasteiger partial charge in [0.25, 0.3) is 0 Å². The van der Waals surface area contributed by atoms with Gasteiger partial charge in [-0.15, -0.1) is 0 Å². The van der Waals surface area contributed by atoms with E-state index >= 15 is 0 Å². The quantitative estimate of drug-likeness (QED) is 0.387. The van der Waals surface area contributed by atoms with Crippen LogP contribution in [0.4, 0.5) is 0 Å². The predicted octanol–water partition coefficient (Wildman–Crippen LogP) is 8.17. The minimum atomic E-state index is -0.120. The first-order chi connectivity index (χ1) is 14.2. The molecule has 5 rings (SSSR count). The van der Waals surface area contributed by atoms with Crippen molar-refractivity contribution in [1.29, 1.82) is 0 Å². The SMILES string of the molecule is CC1(C)CCC2=CCC3(C)C(CCC4C5(C)CCC(O)C(C)(C)C5CCC43C)C2(C)C1. The molecule has 0 radical (unpaired) electrons. The molecule has 0 amide bonds. The van der Waals surface area contributed by atoms with Crippen LogP contribution in [0, 0.1) is 50.2 Å². The first-order valence-electron chi connectivity index (χ1n) is 13.6. The first kappa shape index (κ1) is 22.5. The van der Waals surface area contributed by atoms with Crippen molar-refractivity contribution < 1.29 is 5.11 Å². The van der Waals surface area contributed by atoms with Gasteiger partial charge in [0, 0.05) is 0 Å². The van der Waals surface area contributed by atoms with Crippen LogP contribution in [0.2, 0.25) is 0 Å². The van der Waals surface area contributed by atoms with E-state index in [-0.39, 0.29) is 11.5 Å². The van der Waals surface area contributed by atoms with Crippen molar-refractivity contribution in [3.05, 3.63) is 11.6 Å². The Morgan fingerprint density at radius 3 is 2.13 bits per heavy atom. The van der Waals surface area contributed by atoms with Crippen molar-refractivity contribution >= 4 is 0 Å². The zero-order valence-corrected chi connectivity index (χ0v) is 21.9. The fraction of sp³-hybridized carbons (Fsp3) is 0.933. The fourth-order valence-corrected chi connectivity index (χ4v) is 11.3. The van der Waals surface area contributed by atoms with Crippen molar-refractivity contribution in [2.75, 3.05) is 0 Å². The molecule has 0 aromatic heterocycles. The molecule has 5 aliphatic rings. The molecule has 4 fully saturated rings. The minimum absolute atomic E-state index is 0.0606. The standard InChI is InChI=1S/C30H50O/c1-25(2)15-11-20-12-17-29(7)23(28(20,6)19-25)10-9-22-27(5)16-14-24(31)26(3,4)21(27)13-18-30(22,29)8/h12,21-24,31H,9-11,13-19H2,1-8H3. The number of hydrogen-bond donors (Lipinski definition) is 1. The summed E-state index contributed by atoms with van der Waals surface area (Å²) in [7, 11) is 0. The molecule has 0 spiro atoms. The normalized spacial score (nSPS) is 55.2. The summed E-state index contributed by atoms with van der Waals surface area (Å²) in [5, 5.41) is 10.9. The van der Waals surface area contributed by atoms with Gasteiger partial charge in [0.1, 0.15) is 0 Å². The molecule has 4 saturated carbocycles. The Balaban J connectivity index is 1.56. The van der Waals surface area contributed by atoms with Gasteiger partial charge in [-0.2, -0.15) is 0 Å². The van der Waals surface area contributed by atoms with E-state index in [4.69, 9.17) is 0 Å². The lowest BCUT2D eigenvalue weighted by atomic mass is 9.32.